The highest BCUT2D eigenvalue weighted by atomic mass is 35.5. The third kappa shape index (κ3) is 3.87. The van der Waals surface area contributed by atoms with E-state index in [9.17, 15) is 23.1 Å². The van der Waals surface area contributed by atoms with Gasteiger partial charge >= 0.3 is 0 Å². The minimum absolute atomic E-state index is 0.0371. The fraction of sp³-hybridized carbons (Fsp3) is 0.381. The number of carbonyl (C=O) groups is 1. The van der Waals surface area contributed by atoms with E-state index in [-0.39, 0.29) is 30.1 Å². The Morgan fingerprint density at radius 3 is 2.74 bits per heavy atom. The Hall–Kier alpha value is -2.33. The first-order valence-electron chi connectivity index (χ1n) is 9.61. The number of methoxy groups -OCH3 is 1. The van der Waals surface area contributed by atoms with E-state index in [4.69, 9.17) is 21.1 Å². The van der Waals surface area contributed by atoms with Crippen LogP contribution in [0.15, 0.2) is 30.3 Å². The molecular weight excluding hydrogens is 437 g/mol. The lowest BCUT2D eigenvalue weighted by Gasteiger charge is -2.48. The molecule has 0 spiro atoms. The molecule has 2 saturated heterocycles. The SMILES string of the molecule is COc1cccc(C(=O)N2CCN3C[C@@](O)(c4ccc(F)c(F)c4F)OC[C@@H]3C2)c1Cl. The van der Waals surface area contributed by atoms with Gasteiger partial charge in [-0.1, -0.05) is 17.7 Å². The number of fused-ring (bicyclic) bond motifs is 1. The first kappa shape index (κ1) is 21.9. The van der Waals surface area contributed by atoms with Crippen molar-refractivity contribution in [2.45, 2.75) is 11.8 Å². The summed E-state index contributed by atoms with van der Waals surface area (Å²) in [6.45, 7) is 0.809. The van der Waals surface area contributed by atoms with Crippen molar-refractivity contribution in [3.8, 4) is 5.75 Å². The number of halogens is 4. The molecule has 6 nitrogen and oxygen atoms in total. The van der Waals surface area contributed by atoms with E-state index in [1.165, 1.54) is 7.11 Å². The molecule has 2 aliphatic rings. The predicted octanol–water partition coefficient (Wildman–Crippen LogP) is 2.77. The van der Waals surface area contributed by atoms with E-state index in [0.29, 0.717) is 30.9 Å². The van der Waals surface area contributed by atoms with Crippen molar-refractivity contribution in [2.24, 2.45) is 0 Å². The van der Waals surface area contributed by atoms with E-state index in [1.54, 1.807) is 23.1 Å². The van der Waals surface area contributed by atoms with E-state index < -0.39 is 28.8 Å². The monoisotopic (exact) mass is 456 g/mol. The summed E-state index contributed by atoms with van der Waals surface area (Å²) in [7, 11) is 1.46. The maximum atomic E-state index is 14.2. The normalized spacial score (nSPS) is 24.1. The third-order valence-corrected chi connectivity index (χ3v) is 6.08. The molecule has 0 aliphatic carbocycles. The van der Waals surface area contributed by atoms with E-state index in [0.717, 1.165) is 12.1 Å². The van der Waals surface area contributed by atoms with Crippen molar-refractivity contribution in [3.05, 3.63) is 63.9 Å². The van der Waals surface area contributed by atoms with Gasteiger partial charge in [-0.25, -0.2) is 13.2 Å². The molecule has 1 amide bonds. The highest BCUT2D eigenvalue weighted by Gasteiger charge is 2.45. The zero-order valence-electron chi connectivity index (χ0n) is 16.6. The van der Waals surface area contributed by atoms with Crippen molar-refractivity contribution in [1.29, 1.82) is 0 Å². The topological polar surface area (TPSA) is 62.2 Å². The number of nitrogens with zero attached hydrogens (tertiary/aromatic N) is 2. The van der Waals surface area contributed by atoms with Crippen LogP contribution in [-0.2, 0) is 10.5 Å². The second-order valence-corrected chi connectivity index (χ2v) is 7.89. The van der Waals surface area contributed by atoms with Crippen LogP contribution >= 0.6 is 11.6 Å². The standard InChI is InChI=1S/C21H20ClF3N2O4/c1-30-16-4-2-3-13(17(16)22)20(28)26-7-8-27-11-21(29,31-10-12(27)9-26)14-5-6-15(23)19(25)18(14)24/h2-6,12,29H,7-11H2,1H3/t12-,21-/m0/s1. The van der Waals surface area contributed by atoms with E-state index >= 15 is 0 Å². The van der Waals surface area contributed by atoms with Crippen LogP contribution in [0.5, 0.6) is 5.75 Å². The molecule has 2 aromatic rings. The van der Waals surface area contributed by atoms with Crippen molar-refractivity contribution >= 4 is 17.5 Å². The molecule has 0 radical (unpaired) electrons. The zero-order valence-corrected chi connectivity index (χ0v) is 17.3. The van der Waals surface area contributed by atoms with Crippen LogP contribution in [-0.4, -0.2) is 66.8 Å². The van der Waals surface area contributed by atoms with Gasteiger partial charge in [0.1, 0.15) is 5.75 Å². The number of hydrogen-bond donors (Lipinski definition) is 1. The number of aliphatic hydroxyl groups is 1. The first-order valence-corrected chi connectivity index (χ1v) is 9.99. The highest BCUT2D eigenvalue weighted by Crippen LogP contribution is 2.34. The van der Waals surface area contributed by atoms with Gasteiger partial charge in [-0.15, -0.1) is 0 Å². The maximum Gasteiger partial charge on any atom is 0.255 e. The molecule has 2 aromatic carbocycles. The van der Waals surface area contributed by atoms with Crippen molar-refractivity contribution < 1.29 is 32.5 Å². The summed E-state index contributed by atoms with van der Waals surface area (Å²) < 4.78 is 51.8. The number of amides is 1. The zero-order chi connectivity index (χ0) is 22.3. The average molecular weight is 457 g/mol. The van der Waals surface area contributed by atoms with Gasteiger partial charge in [-0.05, 0) is 24.3 Å². The maximum absolute atomic E-state index is 14.2. The minimum atomic E-state index is -2.13. The van der Waals surface area contributed by atoms with Gasteiger partial charge in [0.05, 0.1) is 42.5 Å². The van der Waals surface area contributed by atoms with Crippen LogP contribution in [0.1, 0.15) is 15.9 Å². The Morgan fingerprint density at radius 1 is 1.23 bits per heavy atom. The number of benzene rings is 2. The second-order valence-electron chi connectivity index (χ2n) is 7.52. The van der Waals surface area contributed by atoms with Crippen LogP contribution in [0.4, 0.5) is 13.2 Å². The Labute approximate surface area is 181 Å². The summed E-state index contributed by atoms with van der Waals surface area (Å²) in [5.74, 6) is -6.49. The van der Waals surface area contributed by atoms with Gasteiger partial charge < -0.3 is 19.5 Å². The number of ether oxygens (including phenoxy) is 2. The Bertz CT molecular complexity index is 1020. The molecule has 0 aromatic heterocycles. The largest absolute Gasteiger partial charge is 0.495 e. The van der Waals surface area contributed by atoms with Gasteiger partial charge in [0, 0.05) is 19.6 Å². The van der Waals surface area contributed by atoms with E-state index in [1.807, 2.05) is 4.90 Å². The fourth-order valence-corrected chi connectivity index (χ4v) is 4.28. The van der Waals surface area contributed by atoms with Crippen LogP contribution < -0.4 is 4.74 Å². The molecule has 4 rings (SSSR count). The van der Waals surface area contributed by atoms with Gasteiger partial charge in [-0.2, -0.15) is 0 Å². The number of piperazine rings is 1. The van der Waals surface area contributed by atoms with Crippen LogP contribution in [0.2, 0.25) is 5.02 Å². The second kappa shape index (κ2) is 8.31. The molecule has 10 heteroatoms. The quantitative estimate of drug-likeness (QED) is 0.720. The lowest BCUT2D eigenvalue weighted by Crippen LogP contribution is -2.63. The summed E-state index contributed by atoms with van der Waals surface area (Å²) >= 11 is 6.27. The summed E-state index contributed by atoms with van der Waals surface area (Å²) in [5, 5.41) is 11.0. The Balaban J connectivity index is 1.49. The fourth-order valence-electron chi connectivity index (χ4n) is 3.99. The van der Waals surface area contributed by atoms with Crippen molar-refractivity contribution in [1.82, 2.24) is 9.80 Å². The molecule has 31 heavy (non-hydrogen) atoms. The highest BCUT2D eigenvalue weighted by molar-refractivity contribution is 6.35. The number of morpholine rings is 1. The van der Waals surface area contributed by atoms with Gasteiger partial charge in [0.25, 0.3) is 5.91 Å². The number of carbonyl (C=O) groups excluding carboxylic acids is 1. The lowest BCUT2D eigenvalue weighted by atomic mass is 9.99. The molecular formula is C21H20ClF3N2O4. The molecule has 166 valence electrons. The Kier molecular flexibility index (Phi) is 5.87. The van der Waals surface area contributed by atoms with Crippen LogP contribution in [0, 0.1) is 17.5 Å². The first-order chi connectivity index (χ1) is 14.7. The molecule has 1 N–H and O–H groups in total. The molecule has 0 unspecified atom stereocenters. The average Bonchev–Trinajstić information content (AvgIpc) is 2.76. The molecule has 0 saturated carbocycles. The molecule has 0 bridgehead atoms. The Morgan fingerprint density at radius 2 is 2.00 bits per heavy atom. The summed E-state index contributed by atoms with van der Waals surface area (Å²) in [4.78, 5) is 16.4. The smallest absolute Gasteiger partial charge is 0.255 e. The summed E-state index contributed by atoms with van der Waals surface area (Å²) in [5.41, 5.74) is -0.155. The molecule has 2 aliphatic heterocycles. The van der Waals surface area contributed by atoms with Gasteiger partial charge in [0.15, 0.2) is 17.5 Å². The molecule has 2 atom stereocenters. The predicted molar refractivity (Wildman–Crippen MR) is 105 cm³/mol. The molecule has 2 heterocycles. The third-order valence-electron chi connectivity index (χ3n) is 5.69. The number of hydrogen-bond acceptors (Lipinski definition) is 5. The lowest BCUT2D eigenvalue weighted by molar-refractivity contribution is -0.267. The summed E-state index contributed by atoms with van der Waals surface area (Å²) in [6, 6.07) is 6.39. The minimum Gasteiger partial charge on any atom is -0.495 e. The van der Waals surface area contributed by atoms with Crippen molar-refractivity contribution in [2.75, 3.05) is 39.9 Å². The van der Waals surface area contributed by atoms with Gasteiger partial charge in [-0.3, -0.25) is 9.69 Å². The number of rotatable bonds is 3. The molecule has 2 fully saturated rings. The van der Waals surface area contributed by atoms with Crippen LogP contribution in [0.25, 0.3) is 0 Å². The summed E-state index contributed by atoms with van der Waals surface area (Å²) in [6.07, 6.45) is 0. The van der Waals surface area contributed by atoms with Crippen LogP contribution in [0.3, 0.4) is 0 Å². The van der Waals surface area contributed by atoms with E-state index in [2.05, 4.69) is 0 Å². The van der Waals surface area contributed by atoms with Crippen molar-refractivity contribution in [3.63, 3.8) is 0 Å². The van der Waals surface area contributed by atoms with Gasteiger partial charge in [0.2, 0.25) is 5.79 Å².